The van der Waals surface area contributed by atoms with E-state index in [0.29, 0.717) is 16.3 Å². The van der Waals surface area contributed by atoms with Crippen molar-refractivity contribution in [1.29, 1.82) is 0 Å². The second-order valence-corrected chi connectivity index (χ2v) is 6.27. The molecule has 0 radical (unpaired) electrons. The van der Waals surface area contributed by atoms with E-state index in [0.717, 1.165) is 27.6 Å². The normalized spacial score (nSPS) is 11.7. The van der Waals surface area contributed by atoms with Crippen LogP contribution in [0.2, 0.25) is 0 Å². The molecule has 0 aliphatic carbocycles. The molecule has 0 fully saturated rings. The van der Waals surface area contributed by atoms with Crippen molar-refractivity contribution in [2.75, 3.05) is 0 Å². The van der Waals surface area contributed by atoms with E-state index >= 15 is 0 Å². The zero-order chi connectivity index (χ0) is 18.4. The van der Waals surface area contributed by atoms with Crippen molar-refractivity contribution in [2.45, 2.75) is 13.1 Å². The predicted octanol–water partition coefficient (Wildman–Crippen LogP) is 3.03. The van der Waals surface area contributed by atoms with Crippen LogP contribution in [-0.4, -0.2) is 25.7 Å². The zero-order valence-electron chi connectivity index (χ0n) is 13.1. The number of halogens is 3. The molecule has 0 aromatic carbocycles. The van der Waals surface area contributed by atoms with E-state index in [1.165, 1.54) is 7.05 Å². The lowest BCUT2D eigenvalue weighted by molar-refractivity contribution is -0.141. The Morgan fingerprint density at radius 2 is 2.04 bits per heavy atom. The minimum atomic E-state index is -4.58. The minimum Gasteiger partial charge on any atom is -0.364 e. The molecule has 0 aliphatic rings. The molecule has 3 aromatic rings. The molecular weight excluding hydrogens is 355 g/mol. The van der Waals surface area contributed by atoms with Gasteiger partial charge < -0.3 is 5.73 Å². The Morgan fingerprint density at radius 1 is 1.32 bits per heavy atom. The van der Waals surface area contributed by atoms with Gasteiger partial charge in [0, 0.05) is 13.2 Å². The van der Waals surface area contributed by atoms with Gasteiger partial charge in [0.15, 0.2) is 10.7 Å². The Bertz CT molecular complexity index is 960. The van der Waals surface area contributed by atoms with E-state index in [2.05, 4.69) is 15.1 Å². The maximum atomic E-state index is 12.9. The number of aromatic nitrogens is 4. The van der Waals surface area contributed by atoms with Crippen LogP contribution in [0, 0.1) is 6.92 Å². The molecule has 2 N–H and O–H groups in total. The summed E-state index contributed by atoms with van der Waals surface area (Å²) in [5.74, 6) is -0.760. The Kier molecular flexibility index (Phi) is 4.07. The van der Waals surface area contributed by atoms with Crippen LogP contribution in [-0.2, 0) is 13.2 Å². The fourth-order valence-electron chi connectivity index (χ4n) is 2.31. The maximum Gasteiger partial charge on any atom is 0.435 e. The Hall–Kier alpha value is -2.75. The van der Waals surface area contributed by atoms with Crippen molar-refractivity contribution in [1.82, 2.24) is 19.7 Å². The van der Waals surface area contributed by atoms with Crippen LogP contribution in [0.3, 0.4) is 0 Å². The molecule has 3 heterocycles. The number of hydrogen-bond acceptors (Lipinski definition) is 5. The summed E-state index contributed by atoms with van der Waals surface area (Å²) in [5.41, 5.74) is 5.98. The molecule has 0 saturated carbocycles. The molecular formula is C15H12F3N5OS. The predicted molar refractivity (Wildman–Crippen MR) is 85.8 cm³/mol. The molecule has 25 heavy (non-hydrogen) atoms. The van der Waals surface area contributed by atoms with Gasteiger partial charge in [-0.3, -0.25) is 14.5 Å². The summed E-state index contributed by atoms with van der Waals surface area (Å²) < 4.78 is 39.9. The van der Waals surface area contributed by atoms with Gasteiger partial charge in [-0.05, 0) is 24.6 Å². The molecule has 0 saturated heterocycles. The number of alkyl halides is 3. The first kappa shape index (κ1) is 17.1. The number of hydrogen-bond donors (Lipinski definition) is 1. The topological polar surface area (TPSA) is 86.7 Å². The van der Waals surface area contributed by atoms with Crippen LogP contribution < -0.4 is 5.73 Å². The van der Waals surface area contributed by atoms with Gasteiger partial charge in [0.25, 0.3) is 5.91 Å². The molecule has 3 rings (SSSR count). The molecule has 0 atom stereocenters. The summed E-state index contributed by atoms with van der Waals surface area (Å²) >= 11 is 0.909. The minimum absolute atomic E-state index is 0.00943. The van der Waals surface area contributed by atoms with Crippen LogP contribution in [0.1, 0.15) is 21.1 Å². The number of thiazole rings is 1. The summed E-state index contributed by atoms with van der Waals surface area (Å²) in [6, 6.07) is 4.44. The quantitative estimate of drug-likeness (QED) is 0.771. The molecule has 0 aliphatic heterocycles. The number of carbonyl (C=O) groups is 1. The molecule has 3 aromatic heterocycles. The molecule has 0 unspecified atom stereocenters. The van der Waals surface area contributed by atoms with Crippen molar-refractivity contribution in [3.05, 3.63) is 40.7 Å². The average Bonchev–Trinajstić information content (AvgIpc) is 3.11. The standard InChI is InChI=1S/C15H12F3N5OS/c1-7-4-3-5-20-10(7)11-12(25-14(21-11)13(19)24)8-6-9(15(16,17)18)22-23(8)2/h3-6H,1-2H3,(H2,19,24). The fraction of sp³-hybridized carbons (Fsp3) is 0.200. The monoisotopic (exact) mass is 367 g/mol. The molecule has 0 bridgehead atoms. The number of aryl methyl sites for hydroxylation is 2. The van der Waals surface area contributed by atoms with E-state index in [1.807, 2.05) is 0 Å². The molecule has 6 nitrogen and oxygen atoms in total. The van der Waals surface area contributed by atoms with Gasteiger partial charge in [0.05, 0.1) is 16.3 Å². The van der Waals surface area contributed by atoms with E-state index in [9.17, 15) is 18.0 Å². The van der Waals surface area contributed by atoms with Crippen LogP contribution in [0.4, 0.5) is 13.2 Å². The molecule has 10 heteroatoms. The van der Waals surface area contributed by atoms with Crippen LogP contribution in [0.25, 0.3) is 22.0 Å². The summed E-state index contributed by atoms with van der Waals surface area (Å²) in [4.78, 5) is 20.3. The highest BCUT2D eigenvalue weighted by Crippen LogP contribution is 2.39. The Labute approximate surface area is 144 Å². The van der Waals surface area contributed by atoms with Gasteiger partial charge in [-0.2, -0.15) is 18.3 Å². The third-order valence-electron chi connectivity index (χ3n) is 3.47. The number of pyridine rings is 1. The first-order valence-corrected chi connectivity index (χ1v) is 7.84. The van der Waals surface area contributed by atoms with Gasteiger partial charge in [-0.25, -0.2) is 4.98 Å². The summed E-state index contributed by atoms with van der Waals surface area (Å²) in [7, 11) is 1.39. The van der Waals surface area contributed by atoms with Gasteiger partial charge in [-0.15, -0.1) is 11.3 Å². The highest BCUT2D eigenvalue weighted by molar-refractivity contribution is 7.17. The highest BCUT2D eigenvalue weighted by Gasteiger charge is 2.35. The van der Waals surface area contributed by atoms with Crippen molar-refractivity contribution in [3.8, 4) is 22.0 Å². The fourth-order valence-corrected chi connectivity index (χ4v) is 3.28. The first-order valence-electron chi connectivity index (χ1n) is 7.02. The zero-order valence-corrected chi connectivity index (χ0v) is 13.9. The lowest BCUT2D eigenvalue weighted by Crippen LogP contribution is -2.10. The number of nitrogens with two attached hydrogens (primary N) is 1. The summed E-state index contributed by atoms with van der Waals surface area (Å²) in [6.45, 7) is 1.79. The lowest BCUT2D eigenvalue weighted by atomic mass is 10.1. The van der Waals surface area contributed by atoms with E-state index in [1.54, 1.807) is 25.3 Å². The van der Waals surface area contributed by atoms with Crippen molar-refractivity contribution in [3.63, 3.8) is 0 Å². The van der Waals surface area contributed by atoms with Crippen LogP contribution >= 0.6 is 11.3 Å². The lowest BCUT2D eigenvalue weighted by Gasteiger charge is -2.04. The van der Waals surface area contributed by atoms with Crippen molar-refractivity contribution < 1.29 is 18.0 Å². The average molecular weight is 367 g/mol. The summed E-state index contributed by atoms with van der Waals surface area (Å²) in [6.07, 6.45) is -3.03. The van der Waals surface area contributed by atoms with Gasteiger partial charge >= 0.3 is 6.18 Å². The maximum absolute atomic E-state index is 12.9. The number of amides is 1. The third kappa shape index (κ3) is 3.12. The molecule has 0 spiro atoms. The highest BCUT2D eigenvalue weighted by atomic mass is 32.1. The smallest absolute Gasteiger partial charge is 0.364 e. The van der Waals surface area contributed by atoms with Gasteiger partial charge in [0.1, 0.15) is 5.69 Å². The Balaban J connectivity index is 2.25. The summed E-state index contributed by atoms with van der Waals surface area (Å²) in [5, 5.41) is 3.49. The number of carbonyl (C=O) groups excluding carboxylic acids is 1. The molecule has 1 amide bonds. The van der Waals surface area contributed by atoms with Crippen LogP contribution in [0.5, 0.6) is 0 Å². The third-order valence-corrected chi connectivity index (χ3v) is 4.57. The number of rotatable bonds is 3. The number of nitrogens with zero attached hydrogens (tertiary/aromatic N) is 4. The Morgan fingerprint density at radius 3 is 2.60 bits per heavy atom. The van der Waals surface area contributed by atoms with Crippen molar-refractivity contribution >= 4 is 17.2 Å². The largest absolute Gasteiger partial charge is 0.435 e. The first-order chi connectivity index (χ1) is 11.7. The number of primary amides is 1. The second-order valence-electron chi connectivity index (χ2n) is 5.27. The second kappa shape index (κ2) is 5.96. The van der Waals surface area contributed by atoms with E-state index in [4.69, 9.17) is 5.73 Å². The van der Waals surface area contributed by atoms with Crippen LogP contribution in [0.15, 0.2) is 24.4 Å². The molecule has 130 valence electrons. The van der Waals surface area contributed by atoms with E-state index in [-0.39, 0.29) is 10.7 Å². The van der Waals surface area contributed by atoms with Gasteiger partial charge in [-0.1, -0.05) is 6.07 Å². The van der Waals surface area contributed by atoms with E-state index < -0.39 is 17.8 Å². The SMILES string of the molecule is Cc1cccnc1-c1nc(C(N)=O)sc1-c1cc(C(F)(F)F)nn1C. The van der Waals surface area contributed by atoms with Crippen molar-refractivity contribution in [2.24, 2.45) is 12.8 Å². The van der Waals surface area contributed by atoms with Gasteiger partial charge in [0.2, 0.25) is 0 Å².